The molecule has 2 aromatic rings. The summed E-state index contributed by atoms with van der Waals surface area (Å²) in [4.78, 5) is 2.46. The van der Waals surface area contributed by atoms with Crippen LogP contribution in [-0.2, 0) is 6.54 Å². The number of benzene rings is 1. The van der Waals surface area contributed by atoms with Crippen LogP contribution < -0.4 is 0 Å². The van der Waals surface area contributed by atoms with E-state index in [9.17, 15) is 0 Å². The van der Waals surface area contributed by atoms with Crippen LogP contribution in [-0.4, -0.2) is 27.7 Å². The minimum Gasteiger partial charge on any atom is -0.424 e. The molecule has 4 heteroatoms. The molecule has 1 aliphatic rings. The molecule has 0 spiro atoms. The van der Waals surface area contributed by atoms with Crippen molar-refractivity contribution in [3.63, 3.8) is 0 Å². The van der Waals surface area contributed by atoms with Gasteiger partial charge in [0, 0.05) is 13.0 Å². The monoisotopic (exact) mass is 297 g/mol. The first-order valence-electron chi connectivity index (χ1n) is 8.07. The average molecular weight is 297 g/mol. The van der Waals surface area contributed by atoms with Gasteiger partial charge < -0.3 is 4.42 Å². The zero-order valence-corrected chi connectivity index (χ0v) is 13.1. The van der Waals surface area contributed by atoms with Crippen LogP contribution in [0, 0.1) is 6.92 Å². The molecular weight excluding hydrogens is 274 g/mol. The fraction of sp³-hybridized carbons (Fsp3) is 0.444. The largest absolute Gasteiger partial charge is 0.424 e. The fourth-order valence-corrected chi connectivity index (χ4v) is 2.97. The smallest absolute Gasteiger partial charge is 0.230 e. The lowest BCUT2D eigenvalue weighted by Gasteiger charge is -2.26. The van der Waals surface area contributed by atoms with Gasteiger partial charge in [-0.25, -0.2) is 0 Å². The van der Waals surface area contributed by atoms with E-state index in [1.165, 1.54) is 31.2 Å². The number of rotatable bonds is 4. The molecule has 1 aromatic heterocycles. The Hall–Kier alpha value is -1.94. The second-order valence-corrected chi connectivity index (χ2v) is 5.87. The first-order chi connectivity index (χ1) is 10.8. The van der Waals surface area contributed by atoms with Crippen molar-refractivity contribution in [2.24, 2.45) is 0 Å². The lowest BCUT2D eigenvalue weighted by atomic mass is 10.1. The highest BCUT2D eigenvalue weighted by Crippen LogP contribution is 2.20. The number of hydrogen-bond acceptors (Lipinski definition) is 4. The van der Waals surface area contributed by atoms with Crippen molar-refractivity contribution in [1.82, 2.24) is 15.1 Å². The van der Waals surface area contributed by atoms with Crippen LogP contribution in [0.2, 0.25) is 0 Å². The Morgan fingerprint density at radius 3 is 2.82 bits per heavy atom. The van der Waals surface area contributed by atoms with Crippen molar-refractivity contribution in [1.29, 1.82) is 0 Å². The molecule has 0 aliphatic carbocycles. The molecular formula is C18H23N3O. The number of hydrogen-bond donors (Lipinski definition) is 0. The van der Waals surface area contributed by atoms with Crippen LogP contribution in [0.4, 0.5) is 0 Å². The maximum Gasteiger partial charge on any atom is 0.230 e. The normalized spacial score (nSPS) is 20.3. The summed E-state index contributed by atoms with van der Waals surface area (Å²) < 4.78 is 5.55. The van der Waals surface area contributed by atoms with Crippen molar-refractivity contribution in [3.8, 4) is 0 Å². The summed E-state index contributed by atoms with van der Waals surface area (Å²) in [6, 6.07) is 10.9. The number of likely N-dealkylation sites (tertiary alicyclic amines) is 1. The van der Waals surface area contributed by atoms with E-state index in [0.717, 1.165) is 19.0 Å². The third-order valence-corrected chi connectivity index (χ3v) is 4.13. The minimum absolute atomic E-state index is 0.440. The zero-order valence-electron chi connectivity index (χ0n) is 13.1. The fourth-order valence-electron chi connectivity index (χ4n) is 2.97. The van der Waals surface area contributed by atoms with E-state index < -0.39 is 0 Å². The Bertz CT molecular complexity index is 606. The van der Waals surface area contributed by atoms with Crippen LogP contribution in [0.25, 0.3) is 6.08 Å². The van der Waals surface area contributed by atoms with E-state index in [2.05, 4.69) is 51.5 Å². The summed E-state index contributed by atoms with van der Waals surface area (Å²) in [6.07, 6.45) is 9.56. The lowest BCUT2D eigenvalue weighted by Crippen LogP contribution is -2.33. The number of aryl methyl sites for hydroxylation is 1. The van der Waals surface area contributed by atoms with Crippen molar-refractivity contribution >= 4 is 6.08 Å². The predicted molar refractivity (Wildman–Crippen MR) is 87.2 cm³/mol. The van der Waals surface area contributed by atoms with Gasteiger partial charge in [0.05, 0.1) is 6.54 Å². The van der Waals surface area contributed by atoms with Crippen LogP contribution in [0.1, 0.15) is 43.0 Å². The summed E-state index contributed by atoms with van der Waals surface area (Å²) in [5.41, 5.74) is 1.25. The minimum atomic E-state index is 0.440. The molecule has 116 valence electrons. The molecule has 0 amide bonds. The van der Waals surface area contributed by atoms with Gasteiger partial charge in [0.25, 0.3) is 0 Å². The summed E-state index contributed by atoms with van der Waals surface area (Å²) in [5, 5.41) is 8.07. The third kappa shape index (κ3) is 4.04. The molecule has 1 unspecified atom stereocenters. The van der Waals surface area contributed by atoms with Crippen molar-refractivity contribution in [2.45, 2.75) is 45.2 Å². The molecule has 0 N–H and O–H groups in total. The molecule has 3 rings (SSSR count). The summed E-state index contributed by atoms with van der Waals surface area (Å²) in [5.74, 6) is 1.36. The van der Waals surface area contributed by atoms with Gasteiger partial charge in [-0.3, -0.25) is 4.90 Å². The van der Waals surface area contributed by atoms with Gasteiger partial charge in [0.15, 0.2) is 0 Å². The van der Waals surface area contributed by atoms with Gasteiger partial charge in [-0.05, 0) is 24.9 Å². The van der Waals surface area contributed by atoms with Crippen LogP contribution in [0.5, 0.6) is 0 Å². The molecule has 2 heterocycles. The second kappa shape index (κ2) is 7.36. The van der Waals surface area contributed by atoms with E-state index in [1.807, 2.05) is 13.0 Å². The molecule has 1 aliphatic heterocycles. The molecule has 0 bridgehead atoms. The molecule has 1 aromatic carbocycles. The van der Waals surface area contributed by atoms with Crippen LogP contribution >= 0.6 is 0 Å². The van der Waals surface area contributed by atoms with Gasteiger partial charge >= 0.3 is 0 Å². The Kier molecular flexibility index (Phi) is 5.01. The van der Waals surface area contributed by atoms with Crippen molar-refractivity contribution < 1.29 is 4.42 Å². The highest BCUT2D eigenvalue weighted by atomic mass is 16.4. The third-order valence-electron chi connectivity index (χ3n) is 4.13. The standard InChI is InChI=1S/C18H23N3O/c1-15-19-20-18(22-15)14-21-13-7-3-6-10-17(21)12-11-16-8-4-2-5-9-16/h2,4-5,8-9,11-12,17H,3,6-7,10,13-14H2,1H3/b12-11+. The zero-order chi connectivity index (χ0) is 15.2. The van der Waals surface area contributed by atoms with Gasteiger partial charge in [-0.15, -0.1) is 10.2 Å². The van der Waals surface area contributed by atoms with E-state index in [-0.39, 0.29) is 0 Å². The van der Waals surface area contributed by atoms with E-state index in [0.29, 0.717) is 11.9 Å². The topological polar surface area (TPSA) is 42.2 Å². The number of aromatic nitrogens is 2. The molecule has 0 radical (unpaired) electrons. The van der Waals surface area contributed by atoms with Gasteiger partial charge in [0.1, 0.15) is 0 Å². The molecule has 4 nitrogen and oxygen atoms in total. The second-order valence-electron chi connectivity index (χ2n) is 5.87. The van der Waals surface area contributed by atoms with Crippen molar-refractivity contribution in [2.75, 3.05) is 6.54 Å². The highest BCUT2D eigenvalue weighted by molar-refractivity contribution is 5.49. The summed E-state index contributed by atoms with van der Waals surface area (Å²) in [6.45, 7) is 3.67. The van der Waals surface area contributed by atoms with Crippen LogP contribution in [0.3, 0.4) is 0 Å². The quantitative estimate of drug-likeness (QED) is 0.860. The van der Waals surface area contributed by atoms with E-state index >= 15 is 0 Å². The van der Waals surface area contributed by atoms with Gasteiger partial charge in [0.2, 0.25) is 11.8 Å². The molecule has 0 saturated carbocycles. The molecule has 1 fully saturated rings. The summed E-state index contributed by atoms with van der Waals surface area (Å²) >= 11 is 0. The predicted octanol–water partition coefficient (Wildman–Crippen LogP) is 3.84. The van der Waals surface area contributed by atoms with Crippen molar-refractivity contribution in [3.05, 3.63) is 53.8 Å². The van der Waals surface area contributed by atoms with Crippen LogP contribution in [0.15, 0.2) is 40.8 Å². The molecule has 22 heavy (non-hydrogen) atoms. The first-order valence-corrected chi connectivity index (χ1v) is 8.07. The SMILES string of the molecule is Cc1nnc(CN2CCCCCC2/C=C/c2ccccc2)o1. The van der Waals surface area contributed by atoms with Gasteiger partial charge in [-0.1, -0.05) is 55.3 Å². The Labute approximate surface area is 131 Å². The molecule has 1 saturated heterocycles. The lowest BCUT2D eigenvalue weighted by molar-refractivity contribution is 0.203. The molecule has 1 atom stereocenters. The van der Waals surface area contributed by atoms with E-state index in [4.69, 9.17) is 4.42 Å². The van der Waals surface area contributed by atoms with Gasteiger partial charge in [-0.2, -0.15) is 0 Å². The highest BCUT2D eigenvalue weighted by Gasteiger charge is 2.20. The Balaban J connectivity index is 1.71. The maximum absolute atomic E-state index is 5.55. The maximum atomic E-state index is 5.55. The average Bonchev–Trinajstić information content (AvgIpc) is 2.82. The Morgan fingerprint density at radius 2 is 2.05 bits per heavy atom. The summed E-state index contributed by atoms with van der Waals surface area (Å²) in [7, 11) is 0. The Morgan fingerprint density at radius 1 is 1.18 bits per heavy atom. The van der Waals surface area contributed by atoms with E-state index in [1.54, 1.807) is 0 Å². The first kappa shape index (κ1) is 15.0. The number of nitrogens with zero attached hydrogens (tertiary/aromatic N) is 3.